The molecule has 3 atom stereocenters. The van der Waals surface area contributed by atoms with Crippen LogP contribution in [0.2, 0.25) is 5.32 Å². The van der Waals surface area contributed by atoms with E-state index in [1.54, 1.807) is 22.8 Å². The van der Waals surface area contributed by atoms with E-state index >= 15 is 0 Å². The van der Waals surface area contributed by atoms with Crippen LogP contribution in [0.25, 0.3) is 11.2 Å². The van der Waals surface area contributed by atoms with Crippen molar-refractivity contribution in [3.8, 4) is 0 Å². The fraction of sp³-hybridized carbons (Fsp3) is 0.312. The molecule has 3 aromatic rings. The molecule has 1 saturated heterocycles. The molecule has 0 amide bonds. The van der Waals surface area contributed by atoms with Gasteiger partial charge in [0.05, 0.1) is 0 Å². The summed E-state index contributed by atoms with van der Waals surface area (Å²) in [4.78, 5) is 22.9. The number of nitro benzene ring substituents is 1. The van der Waals surface area contributed by atoms with Gasteiger partial charge in [-0.1, -0.05) is 0 Å². The molecule has 2 N–H and O–H groups in total. The second kappa shape index (κ2) is 7.18. The molecule has 140 valence electrons. The van der Waals surface area contributed by atoms with Crippen molar-refractivity contribution in [1.82, 2.24) is 19.5 Å². The van der Waals surface area contributed by atoms with Crippen LogP contribution in [-0.4, -0.2) is 51.7 Å². The number of nitrogens with zero attached hydrogens (tertiary/aromatic N) is 5. The van der Waals surface area contributed by atoms with Crippen molar-refractivity contribution in [1.29, 1.82) is 0 Å². The number of rotatable bonds is 5. The summed E-state index contributed by atoms with van der Waals surface area (Å²) in [6, 6.07) is 6.54. The number of halogens is 1. The molecule has 0 bridgehead atoms. The molecular weight excluding hydrogens is 422 g/mol. The first-order chi connectivity index (χ1) is 13.0. The molecule has 0 unspecified atom stereocenters. The van der Waals surface area contributed by atoms with Crippen molar-refractivity contribution in [3.05, 3.63) is 47.0 Å². The quantitative estimate of drug-likeness (QED) is 0.364. The number of ether oxygens (including phenoxy) is 1. The standard InChI is InChI=1S/C16H15FN6O3Se/c17-9-5-13(22-8-21-14-15(18)19-7-20-16(14)22)26-11(9)6-27-12-4-2-1-3-10(12)23(24)25/h1-4,7-9,11,13H,5-6H2,(H2,18,19,20)/t9-,11+,13+/m0/s1. The third-order valence-corrected chi connectivity index (χ3v) is 6.74. The van der Waals surface area contributed by atoms with Gasteiger partial charge in [-0.15, -0.1) is 0 Å². The zero-order valence-electron chi connectivity index (χ0n) is 13.9. The zero-order chi connectivity index (χ0) is 19.0. The molecule has 27 heavy (non-hydrogen) atoms. The Labute approximate surface area is 159 Å². The number of para-hydroxylation sites is 1. The normalized spacial score (nSPS) is 22.3. The molecule has 9 nitrogen and oxygen atoms in total. The Balaban J connectivity index is 1.49. The summed E-state index contributed by atoms with van der Waals surface area (Å²) < 4.78 is 22.7. The summed E-state index contributed by atoms with van der Waals surface area (Å²) in [6.45, 7) is 0. The van der Waals surface area contributed by atoms with E-state index in [1.165, 1.54) is 18.7 Å². The average molecular weight is 437 g/mol. The molecule has 0 aliphatic carbocycles. The summed E-state index contributed by atoms with van der Waals surface area (Å²) in [5, 5.41) is 11.5. The molecule has 0 radical (unpaired) electrons. The Hall–Kier alpha value is -2.62. The van der Waals surface area contributed by atoms with Crippen molar-refractivity contribution in [2.75, 3.05) is 5.73 Å². The minimum absolute atomic E-state index is 0.0650. The summed E-state index contributed by atoms with van der Waals surface area (Å²) >= 11 is -0.281. The Morgan fingerprint density at radius 3 is 3.00 bits per heavy atom. The van der Waals surface area contributed by atoms with Crippen LogP contribution < -0.4 is 10.2 Å². The average Bonchev–Trinajstić information content (AvgIpc) is 3.24. The van der Waals surface area contributed by atoms with E-state index in [0.29, 0.717) is 20.9 Å². The number of anilines is 1. The number of aromatic nitrogens is 4. The van der Waals surface area contributed by atoms with Gasteiger partial charge in [0.2, 0.25) is 0 Å². The van der Waals surface area contributed by atoms with Crippen molar-refractivity contribution < 1.29 is 14.1 Å². The van der Waals surface area contributed by atoms with Crippen molar-refractivity contribution in [3.63, 3.8) is 0 Å². The number of hydrogen-bond acceptors (Lipinski definition) is 7. The van der Waals surface area contributed by atoms with Crippen molar-refractivity contribution >= 4 is 42.1 Å². The molecule has 1 aliphatic rings. The second-order valence-corrected chi connectivity index (χ2v) is 8.23. The Kier molecular flexibility index (Phi) is 4.73. The Bertz CT molecular complexity index is 999. The summed E-state index contributed by atoms with van der Waals surface area (Å²) in [5.41, 5.74) is 6.78. The summed E-state index contributed by atoms with van der Waals surface area (Å²) in [5.74, 6) is 0.254. The van der Waals surface area contributed by atoms with Gasteiger partial charge in [0, 0.05) is 0 Å². The number of imidazole rings is 1. The molecule has 0 saturated carbocycles. The number of nitrogens with two attached hydrogens (primary N) is 1. The molecule has 4 rings (SSSR count). The van der Waals surface area contributed by atoms with E-state index in [-0.39, 0.29) is 32.9 Å². The van der Waals surface area contributed by atoms with Crippen LogP contribution in [0.5, 0.6) is 0 Å². The minimum atomic E-state index is -1.17. The molecule has 1 aromatic carbocycles. The number of benzene rings is 1. The predicted molar refractivity (Wildman–Crippen MR) is 96.4 cm³/mol. The molecular formula is C16H15FN6O3Se. The molecule has 2 aromatic heterocycles. The van der Waals surface area contributed by atoms with E-state index < -0.39 is 23.4 Å². The van der Waals surface area contributed by atoms with Crippen LogP contribution in [0.1, 0.15) is 12.6 Å². The maximum atomic E-state index is 14.5. The monoisotopic (exact) mass is 438 g/mol. The van der Waals surface area contributed by atoms with Gasteiger partial charge in [-0.3, -0.25) is 0 Å². The van der Waals surface area contributed by atoms with Gasteiger partial charge < -0.3 is 0 Å². The van der Waals surface area contributed by atoms with Crippen LogP contribution in [0.3, 0.4) is 0 Å². The number of hydrogen-bond donors (Lipinski definition) is 1. The number of alkyl halides is 1. The van der Waals surface area contributed by atoms with E-state index in [2.05, 4.69) is 15.0 Å². The fourth-order valence-electron chi connectivity index (χ4n) is 2.99. The predicted octanol–water partition coefficient (Wildman–Crippen LogP) is 1.39. The van der Waals surface area contributed by atoms with E-state index in [1.807, 2.05) is 0 Å². The topological polar surface area (TPSA) is 122 Å². The number of fused-ring (bicyclic) bond motifs is 1. The van der Waals surface area contributed by atoms with Crippen molar-refractivity contribution in [2.24, 2.45) is 0 Å². The third kappa shape index (κ3) is 3.36. The zero-order valence-corrected chi connectivity index (χ0v) is 15.6. The second-order valence-electron chi connectivity index (χ2n) is 6.00. The van der Waals surface area contributed by atoms with Gasteiger partial charge in [0.25, 0.3) is 0 Å². The van der Waals surface area contributed by atoms with Gasteiger partial charge >= 0.3 is 159 Å². The summed E-state index contributed by atoms with van der Waals surface area (Å²) in [7, 11) is 0. The van der Waals surface area contributed by atoms with Crippen LogP contribution in [0, 0.1) is 10.1 Å². The van der Waals surface area contributed by atoms with E-state index in [0.717, 1.165) is 0 Å². The first-order valence-corrected chi connectivity index (χ1v) is 10.2. The molecule has 0 spiro atoms. The van der Waals surface area contributed by atoms with Gasteiger partial charge in [-0.2, -0.15) is 0 Å². The Morgan fingerprint density at radius 1 is 1.37 bits per heavy atom. The molecule has 1 fully saturated rings. The molecule has 11 heteroatoms. The third-order valence-electron chi connectivity index (χ3n) is 4.32. The van der Waals surface area contributed by atoms with Crippen LogP contribution in [-0.2, 0) is 4.74 Å². The van der Waals surface area contributed by atoms with Gasteiger partial charge in [0.1, 0.15) is 0 Å². The SMILES string of the molecule is Nc1ncnc2c1ncn2[C@H]1C[C@H](F)[C@@H](C[Se]c2ccccc2[N+](=O)[O-])O1. The summed E-state index contributed by atoms with van der Waals surface area (Å²) in [6.07, 6.45) is 0.649. The Morgan fingerprint density at radius 2 is 2.19 bits per heavy atom. The molecule has 1 aliphatic heterocycles. The first-order valence-electron chi connectivity index (χ1n) is 8.13. The maximum absolute atomic E-state index is 14.5. The number of nitrogen functional groups attached to an aromatic ring is 1. The van der Waals surface area contributed by atoms with E-state index in [9.17, 15) is 14.5 Å². The fourth-order valence-corrected chi connectivity index (χ4v) is 5.29. The van der Waals surface area contributed by atoms with Gasteiger partial charge in [-0.25, -0.2) is 0 Å². The van der Waals surface area contributed by atoms with Crippen LogP contribution >= 0.6 is 0 Å². The van der Waals surface area contributed by atoms with Crippen LogP contribution in [0.15, 0.2) is 36.9 Å². The molecule has 3 heterocycles. The van der Waals surface area contributed by atoms with Crippen LogP contribution in [0.4, 0.5) is 15.9 Å². The van der Waals surface area contributed by atoms with E-state index in [4.69, 9.17) is 10.5 Å². The van der Waals surface area contributed by atoms with Crippen molar-refractivity contribution in [2.45, 2.75) is 30.2 Å². The first kappa shape index (κ1) is 17.8. The number of nitro groups is 1. The van der Waals surface area contributed by atoms with Gasteiger partial charge in [-0.05, 0) is 0 Å². The van der Waals surface area contributed by atoms with Gasteiger partial charge in [0.15, 0.2) is 0 Å².